The number of hydrogen-bond acceptors (Lipinski definition) is 6. The van der Waals surface area contributed by atoms with Gasteiger partial charge >= 0.3 is 0 Å². The van der Waals surface area contributed by atoms with E-state index in [2.05, 4.69) is 10.4 Å². The summed E-state index contributed by atoms with van der Waals surface area (Å²) in [6, 6.07) is 3.07. The van der Waals surface area contributed by atoms with Crippen LogP contribution in [-0.2, 0) is 17.1 Å². The largest absolute Gasteiger partial charge is 0.481 e. The highest BCUT2D eigenvalue weighted by molar-refractivity contribution is 7.91. The number of nitrogens with one attached hydrogen (secondary N) is 1. The first-order chi connectivity index (χ1) is 12.3. The van der Waals surface area contributed by atoms with Gasteiger partial charge in [-0.3, -0.25) is 4.79 Å². The molecule has 1 fully saturated rings. The molecule has 0 unspecified atom stereocenters. The first kappa shape index (κ1) is 18.9. The molecule has 0 bridgehead atoms. The molecule has 0 aliphatic carbocycles. The first-order valence-corrected chi connectivity index (χ1v) is 10.6. The number of thiophene rings is 1. The molecule has 0 aromatic carbocycles. The van der Waals surface area contributed by atoms with E-state index in [1.54, 1.807) is 31.5 Å². The van der Waals surface area contributed by atoms with Crippen molar-refractivity contribution in [2.75, 3.05) is 20.2 Å². The lowest BCUT2D eigenvalue weighted by atomic mass is 10.1. The van der Waals surface area contributed by atoms with E-state index in [0.29, 0.717) is 34.3 Å². The van der Waals surface area contributed by atoms with Crippen LogP contribution in [0.5, 0.6) is 5.88 Å². The molecule has 1 aliphatic heterocycles. The minimum Gasteiger partial charge on any atom is -0.481 e. The van der Waals surface area contributed by atoms with Crippen molar-refractivity contribution in [1.82, 2.24) is 19.4 Å². The van der Waals surface area contributed by atoms with E-state index < -0.39 is 10.0 Å². The molecule has 3 heterocycles. The van der Waals surface area contributed by atoms with E-state index in [-0.39, 0.29) is 18.5 Å². The van der Waals surface area contributed by atoms with Gasteiger partial charge in [-0.05, 0) is 31.2 Å². The van der Waals surface area contributed by atoms with Crippen LogP contribution in [0.1, 0.15) is 28.9 Å². The fourth-order valence-electron chi connectivity index (χ4n) is 3.21. The highest BCUT2D eigenvalue weighted by Crippen LogP contribution is 2.25. The third kappa shape index (κ3) is 3.49. The number of sulfonamides is 1. The molecule has 8 nitrogen and oxygen atoms in total. The highest BCUT2D eigenvalue weighted by Gasteiger charge is 2.32. The number of piperidine rings is 1. The standard InChI is InChI=1S/C16H22N4O4S2/c1-11-14(16(24-3)19(2)18-11)15(21)17-12-6-4-8-20(10-12)26(22,23)13-7-5-9-25-13/h5,7,9,12H,4,6,8,10H2,1-3H3,(H,17,21)/t12-/m1/s1. The van der Waals surface area contributed by atoms with Gasteiger partial charge in [0, 0.05) is 26.2 Å². The molecule has 0 spiro atoms. The van der Waals surface area contributed by atoms with Gasteiger partial charge in [0.2, 0.25) is 5.88 Å². The minimum atomic E-state index is -3.51. The number of hydrogen-bond donors (Lipinski definition) is 1. The Kier molecular flexibility index (Phi) is 5.35. The Hall–Kier alpha value is -1.91. The quantitative estimate of drug-likeness (QED) is 0.821. The topological polar surface area (TPSA) is 93.5 Å². The lowest BCUT2D eigenvalue weighted by Crippen LogP contribution is -2.49. The Bertz CT molecular complexity index is 890. The number of aryl methyl sites for hydroxylation is 2. The molecule has 1 aliphatic rings. The van der Waals surface area contributed by atoms with Gasteiger partial charge in [-0.1, -0.05) is 6.07 Å². The smallest absolute Gasteiger partial charge is 0.258 e. The zero-order valence-electron chi connectivity index (χ0n) is 14.9. The molecule has 142 valence electrons. The summed E-state index contributed by atoms with van der Waals surface area (Å²) >= 11 is 1.20. The van der Waals surface area contributed by atoms with Crippen molar-refractivity contribution in [2.24, 2.45) is 7.05 Å². The Morgan fingerprint density at radius 1 is 1.46 bits per heavy atom. The Labute approximate surface area is 156 Å². The summed E-state index contributed by atoms with van der Waals surface area (Å²) in [5.41, 5.74) is 0.953. The van der Waals surface area contributed by atoms with E-state index in [4.69, 9.17) is 4.74 Å². The predicted octanol–water partition coefficient (Wildman–Crippen LogP) is 1.38. The number of methoxy groups -OCH3 is 1. The molecule has 10 heteroatoms. The summed E-state index contributed by atoms with van der Waals surface area (Å²) in [7, 11) is -0.313. The van der Waals surface area contributed by atoms with Crippen LogP contribution in [0, 0.1) is 6.92 Å². The fraction of sp³-hybridized carbons (Fsp3) is 0.500. The van der Waals surface area contributed by atoms with E-state index in [1.807, 2.05) is 0 Å². The number of aromatic nitrogens is 2. The van der Waals surface area contributed by atoms with Crippen molar-refractivity contribution in [3.63, 3.8) is 0 Å². The van der Waals surface area contributed by atoms with Gasteiger partial charge in [0.25, 0.3) is 15.9 Å². The average molecular weight is 399 g/mol. The molecule has 2 aromatic heterocycles. The molecule has 2 aromatic rings. The minimum absolute atomic E-state index is 0.254. The third-order valence-corrected chi connectivity index (χ3v) is 7.64. The Morgan fingerprint density at radius 3 is 2.88 bits per heavy atom. The summed E-state index contributed by atoms with van der Waals surface area (Å²) in [5.74, 6) is 0.0895. The number of carbonyl (C=O) groups excluding carboxylic acids is 1. The number of amides is 1. The van der Waals surface area contributed by atoms with Gasteiger partial charge in [0.1, 0.15) is 9.77 Å². The third-order valence-electron chi connectivity index (χ3n) is 4.40. The maximum atomic E-state index is 12.7. The van der Waals surface area contributed by atoms with Gasteiger partial charge in [0.05, 0.1) is 12.8 Å². The number of ether oxygens (including phenoxy) is 1. The SMILES string of the molecule is COc1c(C(=O)N[C@@H]2CCCN(S(=O)(=O)c3cccs3)C2)c(C)nn1C. The lowest BCUT2D eigenvalue weighted by molar-refractivity contribution is 0.0917. The second-order valence-electron chi connectivity index (χ2n) is 6.20. The van der Waals surface area contributed by atoms with Crippen LogP contribution in [0.4, 0.5) is 0 Å². The van der Waals surface area contributed by atoms with Gasteiger partial charge in [-0.25, -0.2) is 13.1 Å². The van der Waals surface area contributed by atoms with Crippen molar-refractivity contribution in [3.8, 4) is 5.88 Å². The molecular weight excluding hydrogens is 376 g/mol. The van der Waals surface area contributed by atoms with E-state index in [0.717, 1.165) is 6.42 Å². The number of nitrogens with zero attached hydrogens (tertiary/aromatic N) is 3. The fourth-order valence-corrected chi connectivity index (χ4v) is 5.87. The molecule has 1 N–H and O–H groups in total. The molecule has 1 atom stereocenters. The van der Waals surface area contributed by atoms with E-state index in [9.17, 15) is 13.2 Å². The molecule has 0 saturated carbocycles. The zero-order chi connectivity index (χ0) is 18.9. The van der Waals surface area contributed by atoms with Crippen LogP contribution in [0.15, 0.2) is 21.7 Å². The van der Waals surface area contributed by atoms with E-state index >= 15 is 0 Å². The summed E-state index contributed by atoms with van der Waals surface area (Å²) < 4.78 is 33.9. The summed E-state index contributed by atoms with van der Waals surface area (Å²) in [5, 5.41) is 8.89. The van der Waals surface area contributed by atoms with Crippen LogP contribution in [-0.4, -0.2) is 54.7 Å². The summed E-state index contributed by atoms with van der Waals surface area (Å²) in [6.07, 6.45) is 1.42. The van der Waals surface area contributed by atoms with Crippen LogP contribution >= 0.6 is 11.3 Å². The van der Waals surface area contributed by atoms with Crippen LogP contribution in [0.3, 0.4) is 0 Å². The number of rotatable bonds is 5. The van der Waals surface area contributed by atoms with Crippen molar-refractivity contribution in [1.29, 1.82) is 0 Å². The van der Waals surface area contributed by atoms with Crippen molar-refractivity contribution < 1.29 is 17.9 Å². The number of carbonyl (C=O) groups is 1. The lowest BCUT2D eigenvalue weighted by Gasteiger charge is -2.32. The van der Waals surface area contributed by atoms with Crippen molar-refractivity contribution >= 4 is 27.3 Å². The maximum absolute atomic E-state index is 12.7. The van der Waals surface area contributed by atoms with Crippen LogP contribution in [0.25, 0.3) is 0 Å². The zero-order valence-corrected chi connectivity index (χ0v) is 16.6. The molecule has 0 radical (unpaired) electrons. The van der Waals surface area contributed by atoms with E-state index in [1.165, 1.54) is 27.4 Å². The Balaban J connectivity index is 1.74. The van der Waals surface area contributed by atoms with Crippen LogP contribution < -0.4 is 10.1 Å². The molecular formula is C16H22N4O4S2. The molecule has 26 heavy (non-hydrogen) atoms. The average Bonchev–Trinajstić information content (AvgIpc) is 3.23. The Morgan fingerprint density at radius 2 is 2.23 bits per heavy atom. The normalized spacial score (nSPS) is 18.7. The predicted molar refractivity (Wildman–Crippen MR) is 98.1 cm³/mol. The highest BCUT2D eigenvalue weighted by atomic mass is 32.2. The van der Waals surface area contributed by atoms with Gasteiger partial charge < -0.3 is 10.1 Å². The van der Waals surface area contributed by atoms with Crippen molar-refractivity contribution in [3.05, 3.63) is 28.8 Å². The first-order valence-electron chi connectivity index (χ1n) is 8.26. The summed E-state index contributed by atoms with van der Waals surface area (Å²) in [6.45, 7) is 2.46. The second kappa shape index (κ2) is 7.37. The van der Waals surface area contributed by atoms with Crippen molar-refractivity contribution in [2.45, 2.75) is 30.0 Å². The van der Waals surface area contributed by atoms with Crippen LogP contribution in [0.2, 0.25) is 0 Å². The molecule has 3 rings (SSSR count). The molecule has 1 saturated heterocycles. The van der Waals surface area contributed by atoms with Gasteiger partial charge in [-0.2, -0.15) is 9.40 Å². The summed E-state index contributed by atoms with van der Waals surface area (Å²) in [4.78, 5) is 12.7. The monoisotopic (exact) mass is 398 g/mol. The molecule has 1 amide bonds. The second-order valence-corrected chi connectivity index (χ2v) is 9.31. The van der Waals surface area contributed by atoms with Gasteiger partial charge in [-0.15, -0.1) is 11.3 Å². The van der Waals surface area contributed by atoms with Gasteiger partial charge in [0.15, 0.2) is 0 Å². The maximum Gasteiger partial charge on any atom is 0.258 e.